The van der Waals surface area contributed by atoms with Crippen LogP contribution in [0.1, 0.15) is 28.8 Å². The van der Waals surface area contributed by atoms with E-state index < -0.39 is 4.92 Å². The van der Waals surface area contributed by atoms with Crippen molar-refractivity contribution in [2.45, 2.75) is 25.9 Å². The largest absolute Gasteiger partial charge is 0.480 e. The van der Waals surface area contributed by atoms with Gasteiger partial charge in [0.2, 0.25) is 11.8 Å². The molecule has 142 valence electrons. The van der Waals surface area contributed by atoms with E-state index in [0.717, 1.165) is 12.8 Å². The fourth-order valence-electron chi connectivity index (χ4n) is 3.09. The van der Waals surface area contributed by atoms with E-state index in [0.29, 0.717) is 36.0 Å². The molecule has 0 aliphatic carbocycles. The van der Waals surface area contributed by atoms with Crippen molar-refractivity contribution < 1.29 is 19.2 Å². The van der Waals surface area contributed by atoms with Crippen molar-refractivity contribution in [3.63, 3.8) is 0 Å². The van der Waals surface area contributed by atoms with Crippen LogP contribution in [0.25, 0.3) is 0 Å². The molecule has 1 aliphatic heterocycles. The number of hydrogen-bond acceptors (Lipinski definition) is 7. The highest BCUT2D eigenvalue weighted by Crippen LogP contribution is 2.24. The average Bonchev–Trinajstić information content (AvgIpc) is 2.68. The van der Waals surface area contributed by atoms with Crippen molar-refractivity contribution in [3.8, 4) is 11.8 Å². The zero-order chi connectivity index (χ0) is 19.4. The highest BCUT2D eigenvalue weighted by molar-refractivity contribution is 5.96. The number of nitrogens with zero attached hydrogens (tertiary/aromatic N) is 4. The third-order valence-corrected chi connectivity index (χ3v) is 4.51. The molecule has 1 aromatic heterocycles. The number of piperidine rings is 1. The summed E-state index contributed by atoms with van der Waals surface area (Å²) in [7, 11) is 1.51. The van der Waals surface area contributed by atoms with Crippen LogP contribution in [-0.4, -0.2) is 52.2 Å². The second-order valence-electron chi connectivity index (χ2n) is 6.25. The molecule has 1 unspecified atom stereocenters. The molecular weight excluding hydrogens is 352 g/mol. The Morgan fingerprint density at radius 2 is 2.00 bits per heavy atom. The van der Waals surface area contributed by atoms with Gasteiger partial charge in [-0.1, -0.05) is 6.07 Å². The van der Waals surface area contributed by atoms with Gasteiger partial charge in [0.05, 0.1) is 18.6 Å². The summed E-state index contributed by atoms with van der Waals surface area (Å²) in [6.07, 6.45) is 1.34. The summed E-state index contributed by atoms with van der Waals surface area (Å²) in [4.78, 5) is 25.2. The summed E-state index contributed by atoms with van der Waals surface area (Å²) in [5.41, 5.74) is 0.657. The number of likely N-dealkylation sites (tertiary alicyclic amines) is 1. The number of nitro groups is 1. The van der Waals surface area contributed by atoms with Gasteiger partial charge in [0.25, 0.3) is 11.6 Å². The minimum Gasteiger partial charge on any atom is -0.480 e. The Kier molecular flexibility index (Phi) is 5.49. The van der Waals surface area contributed by atoms with Crippen molar-refractivity contribution in [2.75, 3.05) is 20.2 Å². The molecule has 3 rings (SSSR count). The van der Waals surface area contributed by atoms with Gasteiger partial charge in [-0.15, -0.1) is 10.2 Å². The topological polar surface area (TPSA) is 108 Å². The molecule has 9 nitrogen and oxygen atoms in total. The quantitative estimate of drug-likeness (QED) is 0.586. The van der Waals surface area contributed by atoms with E-state index in [1.54, 1.807) is 30.0 Å². The van der Waals surface area contributed by atoms with E-state index in [9.17, 15) is 14.9 Å². The van der Waals surface area contributed by atoms with Crippen LogP contribution in [0.3, 0.4) is 0 Å². The monoisotopic (exact) mass is 372 g/mol. The Morgan fingerprint density at radius 3 is 2.67 bits per heavy atom. The second-order valence-corrected chi connectivity index (χ2v) is 6.25. The average molecular weight is 372 g/mol. The maximum atomic E-state index is 12.9. The van der Waals surface area contributed by atoms with Crippen LogP contribution < -0.4 is 9.47 Å². The van der Waals surface area contributed by atoms with E-state index in [4.69, 9.17) is 9.47 Å². The lowest BCUT2D eigenvalue weighted by atomic mass is 10.0. The number of rotatable bonds is 5. The fourth-order valence-corrected chi connectivity index (χ4v) is 3.09. The van der Waals surface area contributed by atoms with Crippen molar-refractivity contribution >= 4 is 11.6 Å². The number of benzene rings is 1. The molecule has 2 heterocycles. The molecule has 9 heteroatoms. The molecule has 1 aliphatic rings. The lowest BCUT2D eigenvalue weighted by molar-refractivity contribution is -0.385. The van der Waals surface area contributed by atoms with E-state index in [1.165, 1.54) is 19.2 Å². The smallest absolute Gasteiger partial charge is 0.273 e. The maximum Gasteiger partial charge on any atom is 0.273 e. The second kappa shape index (κ2) is 7.98. The first-order valence-corrected chi connectivity index (χ1v) is 8.57. The van der Waals surface area contributed by atoms with E-state index in [1.807, 2.05) is 0 Å². The summed E-state index contributed by atoms with van der Waals surface area (Å²) in [5.74, 6) is 0.524. The van der Waals surface area contributed by atoms with Crippen LogP contribution in [0, 0.1) is 17.0 Å². The molecule has 0 bridgehead atoms. The van der Waals surface area contributed by atoms with Gasteiger partial charge < -0.3 is 14.4 Å². The van der Waals surface area contributed by atoms with Gasteiger partial charge in [-0.2, -0.15) is 0 Å². The standard InChI is InChI=1S/C18H20N4O5/c1-12-14(6-3-7-15(12)22(24)25)18(23)21-10-4-5-13(11-21)27-17-9-8-16(26-2)19-20-17/h3,6-9,13H,4-5,10-11H2,1-2H3. The Labute approximate surface area is 156 Å². The molecule has 1 saturated heterocycles. The molecule has 2 aromatic rings. The van der Waals surface area contributed by atoms with E-state index >= 15 is 0 Å². The molecule has 1 atom stereocenters. The molecule has 1 fully saturated rings. The number of amides is 1. The molecular formula is C18H20N4O5. The summed E-state index contributed by atoms with van der Waals surface area (Å²) in [5, 5.41) is 18.9. The third kappa shape index (κ3) is 4.13. The number of ether oxygens (including phenoxy) is 2. The molecule has 1 amide bonds. The fraction of sp³-hybridized carbons (Fsp3) is 0.389. The van der Waals surface area contributed by atoms with Gasteiger partial charge >= 0.3 is 0 Å². The summed E-state index contributed by atoms with van der Waals surface area (Å²) in [6.45, 7) is 2.56. The van der Waals surface area contributed by atoms with Crippen molar-refractivity contribution in [1.82, 2.24) is 15.1 Å². The number of methoxy groups -OCH3 is 1. The van der Waals surface area contributed by atoms with Crippen molar-refractivity contribution in [1.29, 1.82) is 0 Å². The lowest BCUT2D eigenvalue weighted by Crippen LogP contribution is -2.44. The van der Waals surface area contributed by atoms with E-state index in [2.05, 4.69) is 10.2 Å². The Bertz CT molecular complexity index is 840. The number of carbonyl (C=O) groups excluding carboxylic acids is 1. The lowest BCUT2D eigenvalue weighted by Gasteiger charge is -2.32. The zero-order valence-corrected chi connectivity index (χ0v) is 15.1. The SMILES string of the molecule is COc1ccc(OC2CCCN(C(=O)c3cccc([N+](=O)[O-])c3C)C2)nn1. The van der Waals surface area contributed by atoms with Crippen molar-refractivity contribution in [2.24, 2.45) is 0 Å². The van der Waals surface area contributed by atoms with Crippen LogP contribution in [-0.2, 0) is 0 Å². The highest BCUT2D eigenvalue weighted by atomic mass is 16.6. The first kappa shape index (κ1) is 18.6. The predicted molar refractivity (Wildman–Crippen MR) is 96.0 cm³/mol. The van der Waals surface area contributed by atoms with E-state index in [-0.39, 0.29) is 17.7 Å². The number of carbonyl (C=O) groups is 1. The van der Waals surface area contributed by atoms with Crippen LogP contribution in [0.2, 0.25) is 0 Å². The molecule has 27 heavy (non-hydrogen) atoms. The number of nitro benzene ring substituents is 1. The van der Waals surface area contributed by atoms with Gasteiger partial charge in [-0.25, -0.2) is 0 Å². The Balaban J connectivity index is 1.71. The number of hydrogen-bond donors (Lipinski definition) is 0. The molecule has 1 aromatic carbocycles. The molecule has 0 radical (unpaired) electrons. The minimum atomic E-state index is -0.476. The summed E-state index contributed by atoms with van der Waals surface area (Å²) in [6, 6.07) is 7.86. The summed E-state index contributed by atoms with van der Waals surface area (Å²) < 4.78 is 10.8. The van der Waals surface area contributed by atoms with Crippen LogP contribution >= 0.6 is 0 Å². The van der Waals surface area contributed by atoms with Crippen LogP contribution in [0.15, 0.2) is 30.3 Å². The Hall–Kier alpha value is -3.23. The van der Waals surface area contributed by atoms with Gasteiger partial charge in [0, 0.05) is 35.9 Å². The van der Waals surface area contributed by atoms with Gasteiger partial charge in [-0.3, -0.25) is 14.9 Å². The van der Waals surface area contributed by atoms with Gasteiger partial charge in [0.1, 0.15) is 6.10 Å². The van der Waals surface area contributed by atoms with Crippen molar-refractivity contribution in [3.05, 3.63) is 51.6 Å². The first-order valence-electron chi connectivity index (χ1n) is 8.57. The van der Waals surface area contributed by atoms with Gasteiger partial charge in [-0.05, 0) is 25.8 Å². The van der Waals surface area contributed by atoms with Crippen LogP contribution in [0.4, 0.5) is 5.69 Å². The zero-order valence-electron chi connectivity index (χ0n) is 15.1. The van der Waals surface area contributed by atoms with Gasteiger partial charge in [0.15, 0.2) is 0 Å². The predicted octanol–water partition coefficient (Wildman–Crippen LogP) is 2.39. The van der Waals surface area contributed by atoms with Crippen LogP contribution in [0.5, 0.6) is 11.8 Å². The normalized spacial score (nSPS) is 16.7. The maximum absolute atomic E-state index is 12.9. The highest BCUT2D eigenvalue weighted by Gasteiger charge is 2.28. The number of aromatic nitrogens is 2. The third-order valence-electron chi connectivity index (χ3n) is 4.51. The summed E-state index contributed by atoms with van der Waals surface area (Å²) >= 11 is 0. The molecule has 0 spiro atoms. The minimum absolute atomic E-state index is 0.0563. The molecule has 0 saturated carbocycles. The Morgan fingerprint density at radius 1 is 1.26 bits per heavy atom. The first-order chi connectivity index (χ1) is 13.0. The molecule has 0 N–H and O–H groups in total.